The Balaban J connectivity index is 1.95. The second kappa shape index (κ2) is 5.36. The lowest BCUT2D eigenvalue weighted by Crippen LogP contribution is -1.89. The Morgan fingerprint density at radius 3 is 2.38 bits per heavy atom. The predicted octanol–water partition coefficient (Wildman–Crippen LogP) is 2.88. The van der Waals surface area contributed by atoms with Gasteiger partial charge in [-0.2, -0.15) is 0 Å². The highest BCUT2D eigenvalue weighted by atomic mass is 16.5. The van der Waals surface area contributed by atoms with Gasteiger partial charge < -0.3 is 19.6 Å². The average Bonchev–Trinajstić information content (AvgIpc) is 2.89. The Hall–Kier alpha value is -2.69. The third-order valence-electron chi connectivity index (χ3n) is 3.34. The summed E-state index contributed by atoms with van der Waals surface area (Å²) in [5.41, 5.74) is 2.81. The summed E-state index contributed by atoms with van der Waals surface area (Å²) in [6, 6.07) is 10.8. The largest absolute Gasteiger partial charge is 0.508 e. The Bertz CT molecular complexity index is 722. The molecule has 2 aromatic carbocycles. The third-order valence-corrected chi connectivity index (χ3v) is 3.34. The van der Waals surface area contributed by atoms with Crippen molar-refractivity contribution in [3.63, 3.8) is 0 Å². The van der Waals surface area contributed by atoms with E-state index < -0.39 is 0 Å². The average molecular weight is 284 g/mol. The van der Waals surface area contributed by atoms with Crippen molar-refractivity contribution in [3.05, 3.63) is 47.8 Å². The molecule has 0 radical (unpaired) electrons. The number of nitrogens with one attached hydrogen (secondary N) is 1. The van der Waals surface area contributed by atoms with Crippen molar-refractivity contribution in [2.24, 2.45) is 0 Å². The van der Waals surface area contributed by atoms with Crippen LogP contribution in [-0.4, -0.2) is 29.3 Å². The summed E-state index contributed by atoms with van der Waals surface area (Å²) in [7, 11) is 3.21. The summed E-state index contributed by atoms with van der Waals surface area (Å²) in [5, 5.41) is 9.30. The maximum absolute atomic E-state index is 9.30. The van der Waals surface area contributed by atoms with E-state index in [4.69, 9.17) is 9.47 Å². The van der Waals surface area contributed by atoms with Crippen LogP contribution in [0.5, 0.6) is 17.2 Å². The van der Waals surface area contributed by atoms with Gasteiger partial charge in [0.1, 0.15) is 11.6 Å². The van der Waals surface area contributed by atoms with Gasteiger partial charge in [0.05, 0.1) is 25.3 Å². The maximum atomic E-state index is 9.30. The zero-order valence-electron chi connectivity index (χ0n) is 11.9. The molecule has 0 saturated heterocycles. The summed E-state index contributed by atoms with van der Waals surface area (Å²) >= 11 is 0. The van der Waals surface area contributed by atoms with Gasteiger partial charge in [-0.3, -0.25) is 0 Å². The standard InChI is InChI=1S/C16H16N2O3/c1-20-14-8-12-13(9-15(14)21-2)18-16(17-12)7-10-3-5-11(19)6-4-10/h3-6,8-9,19H,7H2,1-2H3,(H,17,18). The lowest BCUT2D eigenvalue weighted by molar-refractivity contribution is 0.356. The lowest BCUT2D eigenvalue weighted by atomic mass is 10.1. The van der Waals surface area contributed by atoms with Crippen LogP contribution in [0.3, 0.4) is 0 Å². The number of benzene rings is 2. The van der Waals surface area contributed by atoms with Crippen molar-refractivity contribution in [3.8, 4) is 17.2 Å². The van der Waals surface area contributed by atoms with E-state index in [1.807, 2.05) is 24.3 Å². The Kier molecular flexibility index (Phi) is 3.39. The number of ether oxygens (including phenoxy) is 2. The predicted molar refractivity (Wildman–Crippen MR) is 80.1 cm³/mol. The molecule has 0 spiro atoms. The number of hydrogen-bond donors (Lipinski definition) is 2. The number of methoxy groups -OCH3 is 2. The molecular formula is C16H16N2O3. The Morgan fingerprint density at radius 1 is 1.05 bits per heavy atom. The number of phenolic OH excluding ortho intramolecular Hbond substituents is 1. The molecule has 0 aliphatic carbocycles. The molecule has 1 heterocycles. The molecule has 3 aromatic rings. The Morgan fingerprint density at radius 2 is 1.71 bits per heavy atom. The fraction of sp³-hybridized carbons (Fsp3) is 0.188. The van der Waals surface area contributed by atoms with E-state index in [1.165, 1.54) is 0 Å². The molecule has 2 N–H and O–H groups in total. The maximum Gasteiger partial charge on any atom is 0.163 e. The second-order valence-corrected chi connectivity index (χ2v) is 4.75. The number of phenols is 1. The smallest absolute Gasteiger partial charge is 0.163 e. The van der Waals surface area contributed by atoms with E-state index >= 15 is 0 Å². The van der Waals surface area contributed by atoms with E-state index in [9.17, 15) is 5.11 Å². The van der Waals surface area contributed by atoms with Crippen LogP contribution < -0.4 is 9.47 Å². The minimum absolute atomic E-state index is 0.262. The van der Waals surface area contributed by atoms with Crippen LogP contribution in [0, 0.1) is 0 Å². The SMILES string of the molecule is COc1cc2nc(Cc3ccc(O)cc3)[nH]c2cc1OC. The molecule has 21 heavy (non-hydrogen) atoms. The van der Waals surface area contributed by atoms with Crippen molar-refractivity contribution in [1.82, 2.24) is 9.97 Å². The quantitative estimate of drug-likeness (QED) is 0.773. The van der Waals surface area contributed by atoms with Crippen LogP contribution in [-0.2, 0) is 6.42 Å². The number of aromatic hydroxyl groups is 1. The van der Waals surface area contributed by atoms with Crippen LogP contribution in [0.4, 0.5) is 0 Å². The summed E-state index contributed by atoms with van der Waals surface area (Å²) in [6.45, 7) is 0. The van der Waals surface area contributed by atoms with Crippen LogP contribution in [0.2, 0.25) is 0 Å². The van der Waals surface area contributed by atoms with Gasteiger partial charge in [-0.05, 0) is 17.7 Å². The number of imidazole rings is 1. The fourth-order valence-corrected chi connectivity index (χ4v) is 2.28. The van der Waals surface area contributed by atoms with E-state index in [0.717, 1.165) is 22.4 Å². The van der Waals surface area contributed by atoms with Gasteiger partial charge >= 0.3 is 0 Å². The summed E-state index contributed by atoms with van der Waals surface area (Å²) < 4.78 is 10.6. The number of fused-ring (bicyclic) bond motifs is 1. The first-order valence-electron chi connectivity index (χ1n) is 6.58. The van der Waals surface area contributed by atoms with Crippen LogP contribution in [0.1, 0.15) is 11.4 Å². The van der Waals surface area contributed by atoms with Gasteiger partial charge in [-0.1, -0.05) is 12.1 Å². The normalized spacial score (nSPS) is 10.8. The molecule has 0 aliphatic rings. The summed E-state index contributed by atoms with van der Waals surface area (Å²) in [4.78, 5) is 7.84. The molecule has 0 bridgehead atoms. The molecule has 5 heteroatoms. The fourth-order valence-electron chi connectivity index (χ4n) is 2.28. The first-order valence-corrected chi connectivity index (χ1v) is 6.58. The minimum atomic E-state index is 0.262. The van der Waals surface area contributed by atoms with Crippen molar-refractivity contribution >= 4 is 11.0 Å². The highest BCUT2D eigenvalue weighted by Crippen LogP contribution is 2.31. The highest BCUT2D eigenvalue weighted by Gasteiger charge is 2.10. The van der Waals surface area contributed by atoms with E-state index in [1.54, 1.807) is 26.4 Å². The van der Waals surface area contributed by atoms with Crippen LogP contribution >= 0.6 is 0 Å². The minimum Gasteiger partial charge on any atom is -0.508 e. The first-order chi connectivity index (χ1) is 10.2. The lowest BCUT2D eigenvalue weighted by Gasteiger charge is -2.06. The monoisotopic (exact) mass is 284 g/mol. The molecule has 5 nitrogen and oxygen atoms in total. The number of aromatic nitrogens is 2. The molecular weight excluding hydrogens is 268 g/mol. The Labute approximate surface area is 122 Å². The molecule has 0 fully saturated rings. The van der Waals surface area contributed by atoms with Crippen molar-refractivity contribution < 1.29 is 14.6 Å². The number of nitrogens with zero attached hydrogens (tertiary/aromatic N) is 1. The summed E-state index contributed by atoms with van der Waals surface area (Å²) in [6.07, 6.45) is 0.666. The number of H-pyrrole nitrogens is 1. The van der Waals surface area contributed by atoms with Crippen molar-refractivity contribution in [2.45, 2.75) is 6.42 Å². The highest BCUT2D eigenvalue weighted by molar-refractivity contribution is 5.79. The number of rotatable bonds is 4. The summed E-state index contributed by atoms with van der Waals surface area (Å²) in [5.74, 6) is 2.45. The zero-order chi connectivity index (χ0) is 14.8. The van der Waals surface area contributed by atoms with E-state index in [-0.39, 0.29) is 5.75 Å². The van der Waals surface area contributed by atoms with Crippen molar-refractivity contribution in [1.29, 1.82) is 0 Å². The van der Waals surface area contributed by atoms with E-state index in [2.05, 4.69) is 9.97 Å². The number of hydrogen-bond acceptors (Lipinski definition) is 4. The third kappa shape index (κ3) is 2.63. The van der Waals surface area contributed by atoms with E-state index in [0.29, 0.717) is 17.9 Å². The van der Waals surface area contributed by atoms with Gasteiger partial charge in [-0.25, -0.2) is 4.98 Å². The molecule has 108 valence electrons. The second-order valence-electron chi connectivity index (χ2n) is 4.75. The molecule has 0 saturated carbocycles. The van der Waals surface area contributed by atoms with Crippen LogP contribution in [0.15, 0.2) is 36.4 Å². The van der Waals surface area contributed by atoms with Gasteiger partial charge in [0, 0.05) is 18.6 Å². The van der Waals surface area contributed by atoms with Crippen molar-refractivity contribution in [2.75, 3.05) is 14.2 Å². The molecule has 1 aromatic heterocycles. The first kappa shape index (κ1) is 13.3. The molecule has 0 unspecified atom stereocenters. The van der Waals surface area contributed by atoms with Gasteiger partial charge in [0.2, 0.25) is 0 Å². The zero-order valence-corrected chi connectivity index (χ0v) is 11.9. The number of aromatic amines is 1. The topological polar surface area (TPSA) is 67.4 Å². The molecule has 3 rings (SSSR count). The van der Waals surface area contributed by atoms with Gasteiger partial charge in [0.15, 0.2) is 11.5 Å². The molecule has 0 atom stereocenters. The molecule has 0 aliphatic heterocycles. The van der Waals surface area contributed by atoms with Gasteiger partial charge in [0.25, 0.3) is 0 Å². The molecule has 0 amide bonds. The van der Waals surface area contributed by atoms with Crippen LogP contribution in [0.25, 0.3) is 11.0 Å². The van der Waals surface area contributed by atoms with Gasteiger partial charge in [-0.15, -0.1) is 0 Å².